The van der Waals surface area contributed by atoms with Crippen LogP contribution in [-0.4, -0.2) is 52.2 Å². The number of likely N-dealkylation sites (tertiary alicyclic amines) is 1. The zero-order chi connectivity index (χ0) is 13.8. The summed E-state index contributed by atoms with van der Waals surface area (Å²) in [5, 5.41) is 9.42. The number of carboxylic acid groups (broad SMARTS) is 1. The van der Waals surface area contributed by atoms with Crippen molar-refractivity contribution < 1.29 is 9.90 Å². The van der Waals surface area contributed by atoms with Crippen molar-refractivity contribution >= 4 is 17.7 Å². The summed E-state index contributed by atoms with van der Waals surface area (Å²) in [6.45, 7) is 2.04. The molecule has 1 aliphatic rings. The Morgan fingerprint density at radius 2 is 2.21 bits per heavy atom. The molecule has 1 N–H and O–H groups in total. The molecule has 1 aromatic heterocycles. The predicted octanol–water partition coefficient (Wildman–Crippen LogP) is 2.31. The lowest BCUT2D eigenvalue weighted by molar-refractivity contribution is 0.103. The molecule has 1 aliphatic heterocycles. The Bertz CT molecular complexity index is 430. The molecule has 0 aromatic carbocycles. The third-order valence-electron chi connectivity index (χ3n) is 3.58. The normalized spacial score (nSPS) is 16.9. The van der Waals surface area contributed by atoms with Gasteiger partial charge in [0.25, 0.3) is 0 Å². The zero-order valence-electron chi connectivity index (χ0n) is 10.9. The molecule has 1 fully saturated rings. The first-order valence-corrected chi connectivity index (χ1v) is 6.72. The number of halogens is 1. The van der Waals surface area contributed by atoms with Gasteiger partial charge in [-0.1, -0.05) is 17.7 Å². The van der Waals surface area contributed by atoms with Crippen LogP contribution in [0, 0.1) is 0 Å². The Kier molecular flexibility index (Phi) is 4.61. The van der Waals surface area contributed by atoms with E-state index in [1.165, 1.54) is 4.90 Å². The molecule has 104 valence electrons. The van der Waals surface area contributed by atoms with Gasteiger partial charge in [-0.2, -0.15) is 0 Å². The molecular weight excluding hydrogens is 266 g/mol. The van der Waals surface area contributed by atoms with Gasteiger partial charge in [-0.25, -0.2) is 9.78 Å². The van der Waals surface area contributed by atoms with Crippen LogP contribution in [0.4, 0.5) is 4.79 Å². The molecule has 0 bridgehead atoms. The van der Waals surface area contributed by atoms with Gasteiger partial charge in [-0.15, -0.1) is 0 Å². The predicted molar refractivity (Wildman–Crippen MR) is 73.3 cm³/mol. The molecule has 0 unspecified atom stereocenters. The number of carbonyl (C=O) groups is 1. The average molecular weight is 284 g/mol. The van der Waals surface area contributed by atoms with E-state index in [2.05, 4.69) is 16.9 Å². The quantitative estimate of drug-likeness (QED) is 0.865. The monoisotopic (exact) mass is 283 g/mol. The maximum absolute atomic E-state index is 10.8. The third kappa shape index (κ3) is 3.81. The molecule has 1 aromatic rings. The van der Waals surface area contributed by atoms with Gasteiger partial charge in [0.1, 0.15) is 5.15 Å². The topological polar surface area (TPSA) is 56.7 Å². The molecule has 0 aliphatic carbocycles. The van der Waals surface area contributed by atoms with Gasteiger partial charge >= 0.3 is 6.09 Å². The van der Waals surface area contributed by atoms with Crippen LogP contribution in [0.2, 0.25) is 5.15 Å². The standard InChI is InChI=1S/C13H18ClN3O2/c1-16(9-10-2-3-12(14)15-8-10)11-4-6-17(7-5-11)13(18)19/h2-3,8,11H,4-7,9H2,1H3,(H,18,19). The summed E-state index contributed by atoms with van der Waals surface area (Å²) < 4.78 is 0. The summed E-state index contributed by atoms with van der Waals surface area (Å²) >= 11 is 5.76. The van der Waals surface area contributed by atoms with E-state index in [-0.39, 0.29) is 0 Å². The summed E-state index contributed by atoms with van der Waals surface area (Å²) in [6, 6.07) is 4.18. The number of amides is 1. The second-order valence-corrected chi connectivity index (χ2v) is 5.29. The molecule has 6 heteroatoms. The van der Waals surface area contributed by atoms with Crippen LogP contribution < -0.4 is 0 Å². The van der Waals surface area contributed by atoms with Gasteiger partial charge in [0.2, 0.25) is 0 Å². The number of hydrogen-bond donors (Lipinski definition) is 1. The van der Waals surface area contributed by atoms with Crippen LogP contribution in [0.1, 0.15) is 18.4 Å². The number of pyridine rings is 1. The smallest absolute Gasteiger partial charge is 0.407 e. The Morgan fingerprint density at radius 1 is 1.53 bits per heavy atom. The van der Waals surface area contributed by atoms with E-state index in [1.807, 2.05) is 6.07 Å². The van der Waals surface area contributed by atoms with Crippen molar-refractivity contribution in [2.75, 3.05) is 20.1 Å². The molecule has 0 radical (unpaired) electrons. The number of hydrogen-bond acceptors (Lipinski definition) is 3. The largest absolute Gasteiger partial charge is 0.465 e. The molecule has 0 spiro atoms. The summed E-state index contributed by atoms with van der Waals surface area (Å²) in [6.07, 6.45) is 2.72. The highest BCUT2D eigenvalue weighted by atomic mass is 35.5. The summed E-state index contributed by atoms with van der Waals surface area (Å²) in [4.78, 5) is 18.6. The highest BCUT2D eigenvalue weighted by Gasteiger charge is 2.24. The Morgan fingerprint density at radius 3 is 2.74 bits per heavy atom. The molecule has 1 saturated heterocycles. The van der Waals surface area contributed by atoms with Crippen LogP contribution in [-0.2, 0) is 6.54 Å². The SMILES string of the molecule is CN(Cc1ccc(Cl)nc1)C1CCN(C(=O)O)CC1. The lowest BCUT2D eigenvalue weighted by Crippen LogP contribution is -2.44. The van der Waals surface area contributed by atoms with Gasteiger partial charge in [0.05, 0.1) is 0 Å². The van der Waals surface area contributed by atoms with E-state index in [9.17, 15) is 4.79 Å². The first-order chi connectivity index (χ1) is 9.06. The van der Waals surface area contributed by atoms with Crippen molar-refractivity contribution in [3.8, 4) is 0 Å². The molecule has 19 heavy (non-hydrogen) atoms. The minimum atomic E-state index is -0.817. The van der Waals surface area contributed by atoms with Crippen molar-refractivity contribution in [3.63, 3.8) is 0 Å². The molecule has 2 rings (SSSR count). The third-order valence-corrected chi connectivity index (χ3v) is 3.80. The number of rotatable bonds is 3. The van der Waals surface area contributed by atoms with E-state index >= 15 is 0 Å². The second kappa shape index (κ2) is 6.21. The van der Waals surface area contributed by atoms with Crippen molar-refractivity contribution in [2.24, 2.45) is 0 Å². The molecule has 5 nitrogen and oxygen atoms in total. The lowest BCUT2D eigenvalue weighted by Gasteiger charge is -2.35. The molecular formula is C13H18ClN3O2. The first-order valence-electron chi connectivity index (χ1n) is 6.35. The summed E-state index contributed by atoms with van der Waals surface area (Å²) in [7, 11) is 2.07. The minimum Gasteiger partial charge on any atom is -0.465 e. The minimum absolute atomic E-state index is 0.422. The van der Waals surface area contributed by atoms with E-state index in [0.717, 1.165) is 24.9 Å². The number of piperidine rings is 1. The van der Waals surface area contributed by atoms with Crippen LogP contribution >= 0.6 is 11.6 Å². The number of nitrogens with zero attached hydrogens (tertiary/aromatic N) is 3. The van der Waals surface area contributed by atoms with E-state index in [0.29, 0.717) is 24.3 Å². The zero-order valence-corrected chi connectivity index (χ0v) is 11.7. The van der Waals surface area contributed by atoms with Crippen LogP contribution in [0.3, 0.4) is 0 Å². The van der Waals surface area contributed by atoms with E-state index in [4.69, 9.17) is 16.7 Å². The Hall–Kier alpha value is -1.33. The van der Waals surface area contributed by atoms with Gasteiger partial charge in [-0.05, 0) is 31.5 Å². The maximum atomic E-state index is 10.8. The van der Waals surface area contributed by atoms with Crippen LogP contribution in [0.5, 0.6) is 0 Å². The van der Waals surface area contributed by atoms with Crippen molar-refractivity contribution in [2.45, 2.75) is 25.4 Å². The lowest BCUT2D eigenvalue weighted by atomic mass is 10.0. The second-order valence-electron chi connectivity index (χ2n) is 4.91. The van der Waals surface area contributed by atoms with Gasteiger partial charge in [-0.3, -0.25) is 4.90 Å². The van der Waals surface area contributed by atoms with Crippen molar-refractivity contribution in [1.82, 2.24) is 14.8 Å². The Balaban J connectivity index is 1.86. The summed E-state index contributed by atoms with van der Waals surface area (Å²) in [5.41, 5.74) is 1.12. The van der Waals surface area contributed by atoms with Gasteiger partial charge < -0.3 is 10.0 Å². The Labute approximate surface area is 117 Å². The van der Waals surface area contributed by atoms with Gasteiger partial charge in [0, 0.05) is 31.9 Å². The highest BCUT2D eigenvalue weighted by molar-refractivity contribution is 6.29. The highest BCUT2D eigenvalue weighted by Crippen LogP contribution is 2.17. The molecule has 0 saturated carbocycles. The maximum Gasteiger partial charge on any atom is 0.407 e. The van der Waals surface area contributed by atoms with Crippen LogP contribution in [0.15, 0.2) is 18.3 Å². The fraction of sp³-hybridized carbons (Fsp3) is 0.538. The van der Waals surface area contributed by atoms with Gasteiger partial charge in [0.15, 0.2) is 0 Å². The van der Waals surface area contributed by atoms with Crippen molar-refractivity contribution in [3.05, 3.63) is 29.0 Å². The van der Waals surface area contributed by atoms with E-state index in [1.54, 1.807) is 12.3 Å². The molecule has 2 heterocycles. The average Bonchev–Trinajstić information content (AvgIpc) is 2.41. The first kappa shape index (κ1) is 14.1. The molecule has 1 amide bonds. The van der Waals surface area contributed by atoms with Crippen molar-refractivity contribution in [1.29, 1.82) is 0 Å². The fourth-order valence-corrected chi connectivity index (χ4v) is 2.53. The fourth-order valence-electron chi connectivity index (χ4n) is 2.41. The van der Waals surface area contributed by atoms with Crippen LogP contribution in [0.25, 0.3) is 0 Å². The van der Waals surface area contributed by atoms with E-state index < -0.39 is 6.09 Å². The summed E-state index contributed by atoms with van der Waals surface area (Å²) in [5.74, 6) is 0. The molecule has 0 atom stereocenters. The number of aromatic nitrogens is 1.